The number of hydrogen-bond donors (Lipinski definition) is 2. The molecule has 0 amide bonds. The molecule has 0 aliphatic carbocycles. The van der Waals surface area contributed by atoms with Gasteiger partial charge in [-0.05, 0) is 17.7 Å². The van der Waals surface area contributed by atoms with Crippen molar-refractivity contribution >= 4 is 0 Å². The highest BCUT2D eigenvalue weighted by Gasteiger charge is 1.96. The first-order valence-electron chi connectivity index (χ1n) is 5.57. The maximum Gasteiger partial charge on any atom is 0.107 e. The van der Waals surface area contributed by atoms with E-state index in [-0.39, 0.29) is 13.2 Å². The zero-order valence-corrected chi connectivity index (χ0v) is 10.0. The van der Waals surface area contributed by atoms with Gasteiger partial charge in [-0.15, -0.1) is 0 Å². The van der Waals surface area contributed by atoms with Crippen molar-refractivity contribution in [2.24, 2.45) is 5.73 Å². The lowest BCUT2D eigenvalue weighted by Gasteiger charge is -2.05. The largest absolute Gasteiger partial charge is 0.399 e. The van der Waals surface area contributed by atoms with Crippen LogP contribution in [-0.4, -0.2) is 19.8 Å². The van der Waals surface area contributed by atoms with E-state index in [0.717, 1.165) is 5.56 Å². The minimum Gasteiger partial charge on any atom is -0.399 e. The summed E-state index contributed by atoms with van der Waals surface area (Å²) in [5.41, 5.74) is 7.73. The van der Waals surface area contributed by atoms with Gasteiger partial charge in [-0.3, -0.25) is 0 Å². The zero-order chi connectivity index (χ0) is 13.2. The minimum absolute atomic E-state index is 0.246. The molecule has 1 rings (SSSR count). The molecule has 0 aliphatic heterocycles. The Bertz CT molecular complexity index is 423. The van der Waals surface area contributed by atoms with Crippen molar-refractivity contribution in [1.29, 1.82) is 5.26 Å². The van der Waals surface area contributed by atoms with Crippen LogP contribution in [-0.2, 0) is 11.3 Å². The van der Waals surface area contributed by atoms with Crippen LogP contribution in [0.15, 0.2) is 36.2 Å². The summed E-state index contributed by atoms with van der Waals surface area (Å²) in [6.45, 7) is 0.509. The third-order valence-corrected chi connectivity index (χ3v) is 2.15. The van der Waals surface area contributed by atoms with Gasteiger partial charge in [0.05, 0.1) is 30.5 Å². The molecule has 96 valence electrons. The summed E-state index contributed by atoms with van der Waals surface area (Å²) in [4.78, 5) is 0. The fraction of sp³-hybridized carbons (Fsp3) is 0.308. The van der Waals surface area contributed by atoms with E-state index in [9.17, 15) is 4.39 Å². The number of hydrogen-bond acceptors (Lipinski definition) is 4. The van der Waals surface area contributed by atoms with Crippen LogP contribution in [0.2, 0.25) is 0 Å². The predicted octanol–water partition coefficient (Wildman–Crippen LogP) is 1.43. The van der Waals surface area contributed by atoms with Gasteiger partial charge in [0, 0.05) is 12.7 Å². The number of alkyl halides is 1. The van der Waals surface area contributed by atoms with Gasteiger partial charge in [0.15, 0.2) is 0 Å². The van der Waals surface area contributed by atoms with Crippen LogP contribution in [0.3, 0.4) is 0 Å². The fourth-order valence-corrected chi connectivity index (χ4v) is 1.26. The molecule has 0 spiro atoms. The van der Waals surface area contributed by atoms with Crippen molar-refractivity contribution in [2.75, 3.05) is 19.8 Å². The third kappa shape index (κ3) is 5.32. The van der Waals surface area contributed by atoms with E-state index in [0.29, 0.717) is 17.9 Å². The van der Waals surface area contributed by atoms with E-state index in [1.165, 1.54) is 0 Å². The Kier molecular flexibility index (Phi) is 6.30. The molecule has 3 N–H and O–H groups in total. The Balaban J connectivity index is 2.28. The zero-order valence-electron chi connectivity index (χ0n) is 10.0. The van der Waals surface area contributed by atoms with E-state index in [1.807, 2.05) is 18.2 Å². The van der Waals surface area contributed by atoms with Crippen molar-refractivity contribution < 1.29 is 9.13 Å². The Morgan fingerprint density at radius 2 is 2.17 bits per heavy atom. The van der Waals surface area contributed by atoms with Crippen molar-refractivity contribution in [3.63, 3.8) is 0 Å². The number of benzene rings is 1. The maximum absolute atomic E-state index is 11.8. The third-order valence-electron chi connectivity index (χ3n) is 2.15. The molecule has 18 heavy (non-hydrogen) atoms. The van der Waals surface area contributed by atoms with Crippen molar-refractivity contribution in [3.05, 3.63) is 47.3 Å². The number of rotatable bonds is 7. The summed E-state index contributed by atoms with van der Waals surface area (Å²) in [6.07, 6.45) is 1.54. The van der Waals surface area contributed by atoms with E-state index in [2.05, 4.69) is 5.32 Å². The number of nitrogens with one attached hydrogen (secondary N) is 1. The number of nitrogens with two attached hydrogens (primary N) is 1. The van der Waals surface area contributed by atoms with Crippen LogP contribution in [0.5, 0.6) is 0 Å². The molecule has 0 atom stereocenters. The summed E-state index contributed by atoms with van der Waals surface area (Å²) < 4.78 is 17.2. The Hall–Kier alpha value is -2.06. The molecule has 1 aromatic carbocycles. The van der Waals surface area contributed by atoms with Gasteiger partial charge in [-0.2, -0.15) is 5.26 Å². The van der Waals surface area contributed by atoms with Gasteiger partial charge in [0.1, 0.15) is 6.67 Å². The van der Waals surface area contributed by atoms with E-state index in [4.69, 9.17) is 15.7 Å². The van der Waals surface area contributed by atoms with E-state index < -0.39 is 6.67 Å². The van der Waals surface area contributed by atoms with Gasteiger partial charge in [0.25, 0.3) is 0 Å². The minimum atomic E-state index is -0.435. The summed E-state index contributed by atoms with van der Waals surface area (Å²) >= 11 is 0. The van der Waals surface area contributed by atoms with Gasteiger partial charge < -0.3 is 15.8 Å². The van der Waals surface area contributed by atoms with E-state index >= 15 is 0 Å². The highest BCUT2D eigenvalue weighted by atomic mass is 19.1. The van der Waals surface area contributed by atoms with Crippen molar-refractivity contribution in [3.8, 4) is 6.07 Å². The quantitative estimate of drug-likeness (QED) is 0.717. The molecule has 5 heteroatoms. The second-order valence-electron chi connectivity index (χ2n) is 3.66. The smallest absolute Gasteiger partial charge is 0.107 e. The molecule has 0 saturated carbocycles. The first-order chi connectivity index (χ1) is 8.76. The summed E-state index contributed by atoms with van der Waals surface area (Å²) in [5.74, 6) is 0. The van der Waals surface area contributed by atoms with Crippen LogP contribution in [0.1, 0.15) is 11.1 Å². The van der Waals surface area contributed by atoms with E-state index in [1.54, 1.807) is 18.3 Å². The van der Waals surface area contributed by atoms with Gasteiger partial charge in [0.2, 0.25) is 0 Å². The number of nitrogens with zero attached hydrogens (tertiary/aromatic N) is 1. The predicted molar refractivity (Wildman–Crippen MR) is 67.1 cm³/mol. The second-order valence-corrected chi connectivity index (χ2v) is 3.66. The normalized spacial score (nSPS) is 11.0. The molecule has 0 aliphatic rings. The monoisotopic (exact) mass is 249 g/mol. The maximum atomic E-state index is 11.8. The highest BCUT2D eigenvalue weighted by molar-refractivity contribution is 5.31. The highest BCUT2D eigenvalue weighted by Crippen LogP contribution is 2.04. The molecule has 0 saturated heterocycles. The molecule has 0 heterocycles. The van der Waals surface area contributed by atoms with Gasteiger partial charge in [-0.1, -0.05) is 12.1 Å². The first-order valence-corrected chi connectivity index (χ1v) is 5.57. The van der Waals surface area contributed by atoms with Gasteiger partial charge >= 0.3 is 0 Å². The van der Waals surface area contributed by atoms with Crippen LogP contribution in [0.4, 0.5) is 4.39 Å². The summed E-state index contributed by atoms with van der Waals surface area (Å²) in [6, 6.07) is 9.19. The van der Waals surface area contributed by atoms with Crippen LogP contribution in [0.25, 0.3) is 0 Å². The molecule has 1 aromatic rings. The summed E-state index contributed by atoms with van der Waals surface area (Å²) in [5, 5.41) is 11.4. The van der Waals surface area contributed by atoms with Crippen LogP contribution >= 0.6 is 0 Å². The first kappa shape index (κ1) is 14.0. The summed E-state index contributed by atoms with van der Waals surface area (Å²) in [7, 11) is 0. The average Bonchev–Trinajstić information content (AvgIpc) is 2.40. The molecule has 0 radical (unpaired) electrons. The molecule has 0 unspecified atom stereocenters. The molecular formula is C13H16FN3O. The standard InChI is InChI=1S/C13H16FN3O/c14-5-6-17-8-13(16)10-18-9-12-3-1-11(7-15)2-4-12/h1-4,8,17H,5-6,9-10,16H2/b13-8-. The SMILES string of the molecule is N#Cc1ccc(COC/C(N)=C/NCCF)cc1. The lowest BCUT2D eigenvalue weighted by atomic mass is 10.2. The van der Waals surface area contributed by atoms with Crippen molar-refractivity contribution in [2.45, 2.75) is 6.61 Å². The Labute approximate surface area is 106 Å². The lowest BCUT2D eigenvalue weighted by molar-refractivity contribution is 0.141. The number of nitriles is 1. The molecule has 0 fully saturated rings. The average molecular weight is 249 g/mol. The molecule has 0 aromatic heterocycles. The second kappa shape index (κ2) is 8.09. The van der Waals surface area contributed by atoms with Crippen LogP contribution in [0, 0.1) is 11.3 Å². The molecule has 0 bridgehead atoms. The van der Waals surface area contributed by atoms with Crippen LogP contribution < -0.4 is 11.1 Å². The number of ether oxygens (including phenoxy) is 1. The number of halogens is 1. The van der Waals surface area contributed by atoms with Crippen molar-refractivity contribution in [1.82, 2.24) is 5.32 Å². The fourth-order valence-electron chi connectivity index (χ4n) is 1.26. The Morgan fingerprint density at radius 1 is 1.44 bits per heavy atom. The molecular weight excluding hydrogens is 233 g/mol. The topological polar surface area (TPSA) is 71.1 Å². The lowest BCUT2D eigenvalue weighted by Crippen LogP contribution is -2.15. The Morgan fingerprint density at radius 3 is 2.78 bits per heavy atom. The molecule has 4 nitrogen and oxygen atoms in total. The van der Waals surface area contributed by atoms with Gasteiger partial charge in [-0.25, -0.2) is 4.39 Å².